The summed E-state index contributed by atoms with van der Waals surface area (Å²) in [5.41, 5.74) is 1.05. The molecule has 1 saturated heterocycles. The van der Waals surface area contributed by atoms with Crippen molar-refractivity contribution in [1.82, 2.24) is 20.2 Å². The predicted octanol–water partition coefficient (Wildman–Crippen LogP) is 1.24. The number of rotatable bonds is 4. The number of para-hydroxylation sites is 1. The molecule has 0 radical (unpaired) electrons. The third-order valence-electron chi connectivity index (χ3n) is 3.55. The van der Waals surface area contributed by atoms with Gasteiger partial charge in [0.1, 0.15) is 5.82 Å². The summed E-state index contributed by atoms with van der Waals surface area (Å²) in [5, 5.41) is 6.15. The number of aromatic nitrogens is 2. The molecule has 1 fully saturated rings. The van der Waals surface area contributed by atoms with Gasteiger partial charge in [0.15, 0.2) is 0 Å². The molecule has 2 heterocycles. The van der Waals surface area contributed by atoms with Crippen LogP contribution in [-0.4, -0.2) is 28.0 Å². The van der Waals surface area contributed by atoms with E-state index < -0.39 is 0 Å². The third-order valence-corrected chi connectivity index (χ3v) is 3.55. The lowest BCUT2D eigenvalue weighted by atomic mass is 10.2. The Balaban J connectivity index is 1.66. The second-order valence-corrected chi connectivity index (χ2v) is 4.92. The Labute approximate surface area is 118 Å². The van der Waals surface area contributed by atoms with Crippen LogP contribution in [0.4, 0.5) is 0 Å². The molecule has 1 atom stereocenters. The zero-order valence-electron chi connectivity index (χ0n) is 11.2. The summed E-state index contributed by atoms with van der Waals surface area (Å²) in [5.74, 6) is 0.896. The van der Waals surface area contributed by atoms with E-state index in [0.717, 1.165) is 30.9 Å². The van der Waals surface area contributed by atoms with Gasteiger partial charge in [0, 0.05) is 18.1 Å². The minimum Gasteiger partial charge on any atom is -0.348 e. The number of amides is 1. The second kappa shape index (κ2) is 5.88. The van der Waals surface area contributed by atoms with Crippen LogP contribution in [0.1, 0.15) is 18.7 Å². The Morgan fingerprint density at radius 2 is 2.25 bits per heavy atom. The summed E-state index contributed by atoms with van der Waals surface area (Å²) in [6, 6.07) is 9.94. The van der Waals surface area contributed by atoms with Crippen molar-refractivity contribution >= 4 is 5.91 Å². The topological polar surface area (TPSA) is 59.0 Å². The molecule has 5 nitrogen and oxygen atoms in total. The van der Waals surface area contributed by atoms with Crippen molar-refractivity contribution in [3.8, 4) is 5.69 Å². The summed E-state index contributed by atoms with van der Waals surface area (Å²) in [6.45, 7) is 1.37. The summed E-state index contributed by atoms with van der Waals surface area (Å²) in [7, 11) is 0. The average molecular weight is 270 g/mol. The number of nitrogens with zero attached hydrogens (tertiary/aromatic N) is 2. The summed E-state index contributed by atoms with van der Waals surface area (Å²) in [6.07, 6.45) is 5.64. The van der Waals surface area contributed by atoms with Gasteiger partial charge in [0.05, 0.1) is 12.6 Å². The first kappa shape index (κ1) is 12.9. The van der Waals surface area contributed by atoms with E-state index in [1.54, 1.807) is 6.20 Å². The summed E-state index contributed by atoms with van der Waals surface area (Å²) in [4.78, 5) is 16.3. The Morgan fingerprint density at radius 3 is 3.00 bits per heavy atom. The van der Waals surface area contributed by atoms with Gasteiger partial charge in [-0.1, -0.05) is 18.2 Å². The Morgan fingerprint density at radius 1 is 1.40 bits per heavy atom. The molecule has 0 aliphatic carbocycles. The van der Waals surface area contributed by atoms with Crippen molar-refractivity contribution in [2.75, 3.05) is 6.54 Å². The van der Waals surface area contributed by atoms with Crippen LogP contribution in [0.2, 0.25) is 0 Å². The van der Waals surface area contributed by atoms with Gasteiger partial charge < -0.3 is 15.2 Å². The van der Waals surface area contributed by atoms with Crippen LogP contribution in [0.3, 0.4) is 0 Å². The SMILES string of the molecule is O=C(NCc1nccn1-c1ccccc1)C1CCCN1. The Kier molecular flexibility index (Phi) is 3.78. The lowest BCUT2D eigenvalue weighted by Crippen LogP contribution is -2.40. The van der Waals surface area contributed by atoms with Crippen molar-refractivity contribution in [3.05, 3.63) is 48.5 Å². The van der Waals surface area contributed by atoms with E-state index in [1.165, 1.54) is 0 Å². The number of hydrogen-bond acceptors (Lipinski definition) is 3. The van der Waals surface area contributed by atoms with Crippen LogP contribution in [0, 0.1) is 0 Å². The van der Waals surface area contributed by atoms with Crippen molar-refractivity contribution in [2.24, 2.45) is 0 Å². The maximum absolute atomic E-state index is 12.0. The van der Waals surface area contributed by atoms with Crippen LogP contribution in [0.25, 0.3) is 5.69 Å². The third kappa shape index (κ3) is 2.72. The quantitative estimate of drug-likeness (QED) is 0.879. The molecule has 1 aromatic heterocycles. The van der Waals surface area contributed by atoms with E-state index in [0.29, 0.717) is 6.54 Å². The predicted molar refractivity (Wildman–Crippen MR) is 76.4 cm³/mol. The van der Waals surface area contributed by atoms with Gasteiger partial charge in [-0.3, -0.25) is 4.79 Å². The first-order valence-electron chi connectivity index (χ1n) is 6.93. The minimum atomic E-state index is -0.0462. The van der Waals surface area contributed by atoms with Crippen LogP contribution in [0.15, 0.2) is 42.7 Å². The monoisotopic (exact) mass is 270 g/mol. The van der Waals surface area contributed by atoms with E-state index in [-0.39, 0.29) is 11.9 Å². The smallest absolute Gasteiger partial charge is 0.237 e. The van der Waals surface area contributed by atoms with Gasteiger partial charge >= 0.3 is 0 Å². The molecular formula is C15H18N4O. The molecule has 5 heteroatoms. The fourth-order valence-electron chi connectivity index (χ4n) is 2.49. The van der Waals surface area contributed by atoms with Gasteiger partial charge in [-0.05, 0) is 31.5 Å². The van der Waals surface area contributed by atoms with E-state index >= 15 is 0 Å². The van der Waals surface area contributed by atoms with Crippen molar-refractivity contribution in [3.63, 3.8) is 0 Å². The van der Waals surface area contributed by atoms with Crippen LogP contribution < -0.4 is 10.6 Å². The second-order valence-electron chi connectivity index (χ2n) is 4.92. The van der Waals surface area contributed by atoms with Gasteiger partial charge in [0.2, 0.25) is 5.91 Å². The number of imidazole rings is 1. The van der Waals surface area contributed by atoms with Crippen molar-refractivity contribution in [1.29, 1.82) is 0 Å². The Bertz CT molecular complexity index is 573. The molecule has 2 N–H and O–H groups in total. The number of hydrogen-bond donors (Lipinski definition) is 2. The molecule has 0 spiro atoms. The standard InChI is InChI=1S/C15H18N4O/c20-15(13-7-4-8-16-13)18-11-14-17-9-10-19(14)12-5-2-1-3-6-12/h1-3,5-6,9-10,13,16H,4,7-8,11H2,(H,18,20). The molecule has 1 aromatic carbocycles. The number of nitrogens with one attached hydrogen (secondary N) is 2. The highest BCUT2D eigenvalue weighted by molar-refractivity contribution is 5.81. The lowest BCUT2D eigenvalue weighted by Gasteiger charge is -2.12. The molecule has 20 heavy (non-hydrogen) atoms. The molecule has 104 valence electrons. The highest BCUT2D eigenvalue weighted by Gasteiger charge is 2.21. The highest BCUT2D eigenvalue weighted by atomic mass is 16.2. The van der Waals surface area contributed by atoms with Gasteiger partial charge in [-0.15, -0.1) is 0 Å². The fourth-order valence-corrected chi connectivity index (χ4v) is 2.49. The largest absolute Gasteiger partial charge is 0.348 e. The highest BCUT2D eigenvalue weighted by Crippen LogP contribution is 2.10. The first-order chi connectivity index (χ1) is 9.84. The maximum atomic E-state index is 12.0. The maximum Gasteiger partial charge on any atom is 0.237 e. The van der Waals surface area contributed by atoms with Gasteiger partial charge in [-0.2, -0.15) is 0 Å². The molecule has 0 saturated carbocycles. The number of carbonyl (C=O) groups excluding carboxylic acids is 1. The summed E-state index contributed by atoms with van der Waals surface area (Å²) >= 11 is 0. The van der Waals surface area contributed by atoms with Crippen molar-refractivity contribution in [2.45, 2.75) is 25.4 Å². The zero-order valence-corrected chi connectivity index (χ0v) is 11.2. The van der Waals surface area contributed by atoms with Crippen LogP contribution in [-0.2, 0) is 11.3 Å². The minimum absolute atomic E-state index is 0.0462. The van der Waals surface area contributed by atoms with Crippen molar-refractivity contribution < 1.29 is 4.79 Å². The Hall–Kier alpha value is -2.14. The van der Waals surface area contributed by atoms with Crippen LogP contribution in [0.5, 0.6) is 0 Å². The molecule has 1 unspecified atom stereocenters. The molecule has 3 rings (SSSR count). The molecule has 1 aliphatic heterocycles. The molecule has 2 aromatic rings. The molecular weight excluding hydrogens is 252 g/mol. The zero-order chi connectivity index (χ0) is 13.8. The summed E-state index contributed by atoms with van der Waals surface area (Å²) < 4.78 is 1.99. The first-order valence-corrected chi connectivity index (χ1v) is 6.93. The average Bonchev–Trinajstić information content (AvgIpc) is 3.17. The molecule has 1 aliphatic rings. The van der Waals surface area contributed by atoms with Gasteiger partial charge in [-0.25, -0.2) is 4.98 Å². The fraction of sp³-hybridized carbons (Fsp3) is 0.333. The van der Waals surface area contributed by atoms with E-state index in [1.807, 2.05) is 41.1 Å². The molecule has 1 amide bonds. The van der Waals surface area contributed by atoms with E-state index in [9.17, 15) is 4.79 Å². The lowest BCUT2D eigenvalue weighted by molar-refractivity contribution is -0.123. The normalized spacial score (nSPS) is 18.1. The van der Waals surface area contributed by atoms with Crippen LogP contribution >= 0.6 is 0 Å². The molecule has 0 bridgehead atoms. The van der Waals surface area contributed by atoms with E-state index in [2.05, 4.69) is 15.6 Å². The van der Waals surface area contributed by atoms with Gasteiger partial charge in [0.25, 0.3) is 0 Å². The number of benzene rings is 1. The van der Waals surface area contributed by atoms with E-state index in [4.69, 9.17) is 0 Å². The number of carbonyl (C=O) groups is 1.